The van der Waals surface area contributed by atoms with Gasteiger partial charge in [-0.1, -0.05) is 76.3 Å². The van der Waals surface area contributed by atoms with Gasteiger partial charge in [-0.15, -0.1) is 19.5 Å². The summed E-state index contributed by atoms with van der Waals surface area (Å²) in [5.74, 6) is 1.18. The minimum absolute atomic E-state index is 0.293. The Balaban J connectivity index is 0.000000234. The second-order valence-corrected chi connectivity index (χ2v) is 12.2. The van der Waals surface area contributed by atoms with E-state index >= 15 is 0 Å². The second kappa shape index (κ2) is 17.4. The lowest BCUT2D eigenvalue weighted by atomic mass is 9.91. The van der Waals surface area contributed by atoms with E-state index in [0.717, 1.165) is 33.0 Å². The SMILES string of the molecule is CC1CCCCC1.CCc1cc(-c2ccc(C(F)(F)F)cc2)ccc1F.CN.CP=C(C)c1sc2ccccc2c1O. The summed E-state index contributed by atoms with van der Waals surface area (Å²) in [6.07, 6.45) is 3.64. The van der Waals surface area contributed by atoms with E-state index in [2.05, 4.69) is 26.2 Å². The number of aryl methyl sites for hydroxylation is 1. The third kappa shape index (κ3) is 10.2. The molecular formula is C34H42F4NOPS. The van der Waals surface area contributed by atoms with Crippen molar-refractivity contribution in [2.45, 2.75) is 65.5 Å². The van der Waals surface area contributed by atoms with Crippen LogP contribution in [0.5, 0.6) is 5.75 Å². The Labute approximate surface area is 253 Å². The lowest BCUT2D eigenvalue weighted by molar-refractivity contribution is -0.137. The number of aromatic hydroxyl groups is 1. The molecule has 1 heterocycles. The number of nitrogens with two attached hydrogens (primary N) is 1. The maximum Gasteiger partial charge on any atom is 0.416 e. The first-order chi connectivity index (χ1) is 20.0. The number of rotatable bonds is 3. The average Bonchev–Trinajstić information content (AvgIpc) is 3.35. The first-order valence-electron chi connectivity index (χ1n) is 14.2. The highest BCUT2D eigenvalue weighted by Gasteiger charge is 2.30. The molecule has 3 aromatic carbocycles. The van der Waals surface area contributed by atoms with Crippen LogP contribution in [0.4, 0.5) is 17.6 Å². The van der Waals surface area contributed by atoms with Crippen LogP contribution in [0, 0.1) is 11.7 Å². The molecule has 0 saturated heterocycles. The molecule has 0 amide bonds. The summed E-state index contributed by atoms with van der Waals surface area (Å²) in [6.45, 7) is 8.33. The molecule has 42 heavy (non-hydrogen) atoms. The number of thiophene rings is 1. The molecule has 3 N–H and O–H groups in total. The molecule has 0 unspecified atom stereocenters. The van der Waals surface area contributed by atoms with Crippen molar-refractivity contribution in [3.63, 3.8) is 0 Å². The molecule has 1 aliphatic rings. The van der Waals surface area contributed by atoms with Crippen LogP contribution in [0.3, 0.4) is 0 Å². The summed E-state index contributed by atoms with van der Waals surface area (Å²) in [5.41, 5.74) is 5.72. The molecule has 1 saturated carbocycles. The average molecular weight is 620 g/mol. The Morgan fingerprint density at radius 3 is 2.05 bits per heavy atom. The Bertz CT molecular complexity index is 1410. The van der Waals surface area contributed by atoms with Crippen molar-refractivity contribution < 1.29 is 22.7 Å². The van der Waals surface area contributed by atoms with E-state index in [4.69, 9.17) is 0 Å². The van der Waals surface area contributed by atoms with E-state index in [9.17, 15) is 22.7 Å². The van der Waals surface area contributed by atoms with Gasteiger partial charge in [-0.2, -0.15) is 13.2 Å². The molecule has 0 atom stereocenters. The first-order valence-corrected chi connectivity index (χ1v) is 16.4. The van der Waals surface area contributed by atoms with Crippen molar-refractivity contribution in [1.82, 2.24) is 0 Å². The number of halogens is 4. The molecule has 5 rings (SSSR count). The molecule has 1 fully saturated rings. The molecule has 228 valence electrons. The standard InChI is InChI=1S/C15H12F4.C11H11OPS.C7H14.CH5N/c1-2-10-9-12(5-8-14(10)16)11-3-6-13(7-4-11)15(17,18)19;1-7(13-2)11-10(12)8-5-3-4-6-9(8)14-11;1-7-5-3-2-4-6-7;1-2/h3-9H,2H2,1H3;3-6,12H,1-2H3;7H,2-6H2,1H3;2H2,1H3. The quantitative estimate of drug-likeness (QED) is 0.177. The van der Waals surface area contributed by atoms with E-state index in [1.54, 1.807) is 23.5 Å². The second-order valence-electron chi connectivity index (χ2n) is 10.1. The highest BCUT2D eigenvalue weighted by Crippen LogP contribution is 2.37. The van der Waals surface area contributed by atoms with Crippen molar-refractivity contribution in [2.75, 3.05) is 13.7 Å². The molecule has 0 bridgehead atoms. The zero-order valence-corrected chi connectivity index (χ0v) is 26.8. The normalized spacial score (nSPS) is 13.7. The van der Waals surface area contributed by atoms with Crippen LogP contribution in [0.25, 0.3) is 21.2 Å². The Hall–Kier alpha value is -2.73. The Morgan fingerprint density at radius 1 is 0.952 bits per heavy atom. The van der Waals surface area contributed by atoms with E-state index in [-0.39, 0.29) is 5.82 Å². The lowest BCUT2D eigenvalue weighted by Gasteiger charge is -2.15. The third-order valence-corrected chi connectivity index (χ3v) is 9.42. The molecule has 0 spiro atoms. The highest BCUT2D eigenvalue weighted by atomic mass is 32.1. The minimum atomic E-state index is -4.34. The van der Waals surface area contributed by atoms with Crippen molar-refractivity contribution in [2.24, 2.45) is 11.7 Å². The van der Waals surface area contributed by atoms with Crippen molar-refractivity contribution >= 4 is 34.9 Å². The lowest BCUT2D eigenvalue weighted by Crippen LogP contribution is -2.04. The van der Waals surface area contributed by atoms with Crippen molar-refractivity contribution in [3.8, 4) is 16.9 Å². The topological polar surface area (TPSA) is 46.2 Å². The van der Waals surface area contributed by atoms with Crippen LogP contribution < -0.4 is 5.73 Å². The third-order valence-electron chi connectivity index (χ3n) is 7.10. The zero-order valence-electron chi connectivity index (χ0n) is 25.1. The van der Waals surface area contributed by atoms with Gasteiger partial charge in [0.1, 0.15) is 11.6 Å². The fourth-order valence-electron chi connectivity index (χ4n) is 4.56. The van der Waals surface area contributed by atoms with Gasteiger partial charge in [-0.3, -0.25) is 0 Å². The zero-order chi connectivity index (χ0) is 31.3. The summed E-state index contributed by atoms with van der Waals surface area (Å²) < 4.78 is 51.8. The molecule has 8 heteroatoms. The van der Waals surface area contributed by atoms with Gasteiger partial charge in [-0.05, 0) is 91.4 Å². The predicted molar refractivity (Wildman–Crippen MR) is 175 cm³/mol. The van der Waals surface area contributed by atoms with Crippen LogP contribution in [-0.4, -0.2) is 24.1 Å². The number of benzene rings is 3. The minimum Gasteiger partial charge on any atom is -0.506 e. The number of hydrogen-bond acceptors (Lipinski definition) is 3. The Kier molecular flexibility index (Phi) is 14.7. The van der Waals surface area contributed by atoms with Crippen LogP contribution >= 0.6 is 19.5 Å². The summed E-state index contributed by atoms with van der Waals surface area (Å²) in [5, 5.41) is 12.2. The van der Waals surface area contributed by atoms with Gasteiger partial charge in [0.2, 0.25) is 0 Å². The molecule has 0 radical (unpaired) electrons. The fraction of sp³-hybridized carbons (Fsp3) is 0.382. The van der Waals surface area contributed by atoms with Crippen molar-refractivity contribution in [3.05, 3.63) is 88.6 Å². The van der Waals surface area contributed by atoms with Gasteiger partial charge < -0.3 is 10.8 Å². The number of fused-ring (bicyclic) bond motifs is 1. The smallest absolute Gasteiger partial charge is 0.416 e. The summed E-state index contributed by atoms with van der Waals surface area (Å²) in [7, 11) is 2.72. The summed E-state index contributed by atoms with van der Waals surface area (Å²) in [6, 6.07) is 17.4. The summed E-state index contributed by atoms with van der Waals surface area (Å²) >= 11 is 1.66. The molecule has 1 aliphatic carbocycles. The van der Waals surface area contributed by atoms with E-state index in [1.165, 1.54) is 70.8 Å². The van der Waals surface area contributed by atoms with E-state index in [0.29, 0.717) is 28.9 Å². The molecule has 1 aromatic heterocycles. The van der Waals surface area contributed by atoms with Gasteiger partial charge in [0.15, 0.2) is 0 Å². The summed E-state index contributed by atoms with van der Waals surface area (Å²) in [4.78, 5) is 1.02. The van der Waals surface area contributed by atoms with Crippen LogP contribution in [0.2, 0.25) is 0 Å². The maximum absolute atomic E-state index is 13.4. The van der Waals surface area contributed by atoms with Crippen LogP contribution in [-0.2, 0) is 12.6 Å². The number of alkyl halides is 3. The molecule has 2 nitrogen and oxygen atoms in total. The first kappa shape index (κ1) is 35.5. The van der Waals surface area contributed by atoms with Gasteiger partial charge in [0.05, 0.1) is 10.4 Å². The van der Waals surface area contributed by atoms with Crippen LogP contribution in [0.1, 0.15) is 68.9 Å². The van der Waals surface area contributed by atoms with Crippen molar-refractivity contribution in [1.29, 1.82) is 0 Å². The van der Waals surface area contributed by atoms with Gasteiger partial charge >= 0.3 is 6.18 Å². The van der Waals surface area contributed by atoms with Gasteiger partial charge in [0, 0.05) is 10.1 Å². The molecule has 0 aliphatic heterocycles. The Morgan fingerprint density at radius 2 is 1.55 bits per heavy atom. The molecule has 4 aromatic rings. The maximum atomic E-state index is 13.4. The van der Waals surface area contributed by atoms with Crippen LogP contribution in [0.15, 0.2) is 66.7 Å². The van der Waals surface area contributed by atoms with E-state index < -0.39 is 11.7 Å². The molecular weight excluding hydrogens is 577 g/mol. The van der Waals surface area contributed by atoms with E-state index in [1.807, 2.05) is 31.2 Å². The fourth-order valence-corrected chi connectivity index (χ4v) is 6.28. The van der Waals surface area contributed by atoms with Gasteiger partial charge in [0.25, 0.3) is 0 Å². The van der Waals surface area contributed by atoms with Gasteiger partial charge in [-0.25, -0.2) is 4.39 Å². The highest BCUT2D eigenvalue weighted by molar-refractivity contribution is 7.42. The largest absolute Gasteiger partial charge is 0.506 e. The predicted octanol–water partition coefficient (Wildman–Crippen LogP) is 11.0. The number of hydrogen-bond donors (Lipinski definition) is 2. The monoisotopic (exact) mass is 619 g/mol.